The molecule has 21 heavy (non-hydrogen) atoms. The molecule has 6 heteroatoms. The summed E-state index contributed by atoms with van der Waals surface area (Å²) >= 11 is 0. The zero-order valence-electron chi connectivity index (χ0n) is 14.1. The van der Waals surface area contributed by atoms with Crippen LogP contribution in [0.1, 0.15) is 46.5 Å². The van der Waals surface area contributed by atoms with Gasteiger partial charge in [0, 0.05) is 18.1 Å². The number of rotatable bonds is 6. The van der Waals surface area contributed by atoms with E-state index in [2.05, 4.69) is 33.9 Å². The summed E-state index contributed by atoms with van der Waals surface area (Å²) in [7, 11) is -3.64. The van der Waals surface area contributed by atoms with Gasteiger partial charge in [-0.25, -0.2) is 0 Å². The predicted octanol–water partition coefficient (Wildman–Crippen LogP) is 3.92. The second-order valence-electron chi connectivity index (χ2n) is 7.08. The van der Waals surface area contributed by atoms with Crippen molar-refractivity contribution in [3.63, 3.8) is 0 Å². The maximum atomic E-state index is 11.8. The lowest BCUT2D eigenvalue weighted by atomic mass is 10.2. The minimum atomic E-state index is -1.63. The zero-order chi connectivity index (χ0) is 16.1. The number of hydrogen-bond donors (Lipinski definition) is 0. The SMILES string of the molecule is CC(C)(C)[Si](C)(C)OCCCCC=C1S(=O)CCCS1=O. The van der Waals surface area contributed by atoms with Gasteiger partial charge in [0.2, 0.25) is 0 Å². The van der Waals surface area contributed by atoms with Gasteiger partial charge in [-0.15, -0.1) is 0 Å². The molecule has 0 saturated carbocycles. The fraction of sp³-hybridized carbons (Fsp3) is 0.867. The molecule has 0 radical (unpaired) electrons. The third kappa shape index (κ3) is 6.08. The molecule has 1 rings (SSSR count). The Morgan fingerprint density at radius 1 is 1.14 bits per heavy atom. The Morgan fingerprint density at radius 2 is 1.71 bits per heavy atom. The first-order valence-corrected chi connectivity index (χ1v) is 13.3. The summed E-state index contributed by atoms with van der Waals surface area (Å²) in [5.41, 5.74) is 0. The highest BCUT2D eigenvalue weighted by Gasteiger charge is 2.36. The van der Waals surface area contributed by atoms with E-state index in [4.69, 9.17) is 4.43 Å². The smallest absolute Gasteiger partial charge is 0.191 e. The van der Waals surface area contributed by atoms with Gasteiger partial charge in [0.1, 0.15) is 0 Å². The van der Waals surface area contributed by atoms with E-state index in [9.17, 15) is 8.42 Å². The zero-order valence-corrected chi connectivity index (χ0v) is 16.7. The predicted molar refractivity (Wildman–Crippen MR) is 95.7 cm³/mol. The second kappa shape index (κ2) is 8.18. The average Bonchev–Trinajstić information content (AvgIpc) is 2.35. The molecule has 1 aliphatic heterocycles. The third-order valence-corrected chi connectivity index (χ3v) is 12.5. The second-order valence-corrected chi connectivity index (χ2v) is 15.2. The normalized spacial score (nSPS) is 24.1. The van der Waals surface area contributed by atoms with E-state index in [0.717, 1.165) is 32.3 Å². The highest BCUT2D eigenvalue weighted by Crippen LogP contribution is 2.36. The number of allylic oxidation sites excluding steroid dienone is 1. The quantitative estimate of drug-likeness (QED) is 0.538. The molecule has 2 unspecified atom stereocenters. The van der Waals surface area contributed by atoms with Crippen molar-refractivity contribution in [1.82, 2.24) is 0 Å². The van der Waals surface area contributed by atoms with Crippen molar-refractivity contribution in [2.24, 2.45) is 0 Å². The molecular formula is C15H30O3S2Si. The summed E-state index contributed by atoms with van der Waals surface area (Å²) in [5, 5.41) is 0.255. The fourth-order valence-corrected chi connectivity index (χ4v) is 6.24. The Kier molecular flexibility index (Phi) is 7.50. The van der Waals surface area contributed by atoms with E-state index in [0.29, 0.717) is 15.7 Å². The van der Waals surface area contributed by atoms with Crippen LogP contribution in [0.3, 0.4) is 0 Å². The van der Waals surface area contributed by atoms with Crippen molar-refractivity contribution in [3.8, 4) is 0 Å². The molecule has 0 aromatic rings. The summed E-state index contributed by atoms with van der Waals surface area (Å²) < 4.78 is 30.4. The number of unbranched alkanes of at least 4 members (excludes halogenated alkanes) is 2. The van der Waals surface area contributed by atoms with Gasteiger partial charge in [-0.1, -0.05) is 26.8 Å². The number of hydrogen-bond acceptors (Lipinski definition) is 3. The summed E-state index contributed by atoms with van der Waals surface area (Å²) in [6.45, 7) is 12.1. The molecule has 0 N–H and O–H groups in total. The van der Waals surface area contributed by atoms with E-state index in [1.807, 2.05) is 6.08 Å². The standard InChI is InChI=1S/C15H30O3S2Si/c1-15(2,3)21(4,5)18-11-8-6-7-10-14-19(16)12-9-13-20(14)17/h10H,6-9,11-13H2,1-5H3. The first-order chi connectivity index (χ1) is 9.65. The van der Waals surface area contributed by atoms with Gasteiger partial charge in [-0.3, -0.25) is 8.42 Å². The van der Waals surface area contributed by atoms with Crippen molar-refractivity contribution in [3.05, 3.63) is 10.3 Å². The van der Waals surface area contributed by atoms with E-state index in [1.165, 1.54) is 0 Å². The Hall–Kier alpha value is 0.217. The lowest BCUT2D eigenvalue weighted by Crippen LogP contribution is -2.40. The van der Waals surface area contributed by atoms with Crippen LogP contribution in [0, 0.1) is 0 Å². The average molecular weight is 351 g/mol. The Morgan fingerprint density at radius 3 is 2.24 bits per heavy atom. The van der Waals surface area contributed by atoms with Crippen molar-refractivity contribution in [2.45, 2.75) is 64.6 Å². The molecule has 0 spiro atoms. The van der Waals surface area contributed by atoms with Crippen LogP contribution in [-0.2, 0) is 26.0 Å². The molecule has 124 valence electrons. The molecular weight excluding hydrogens is 320 g/mol. The van der Waals surface area contributed by atoms with Gasteiger partial charge in [-0.2, -0.15) is 0 Å². The van der Waals surface area contributed by atoms with Crippen LogP contribution in [0.2, 0.25) is 18.1 Å². The first kappa shape index (κ1) is 19.3. The molecule has 0 aromatic heterocycles. The van der Waals surface area contributed by atoms with Crippen molar-refractivity contribution < 1.29 is 12.8 Å². The molecule has 0 aliphatic carbocycles. The maximum Gasteiger partial charge on any atom is 0.191 e. The molecule has 0 aromatic carbocycles. The van der Waals surface area contributed by atoms with E-state index < -0.39 is 29.9 Å². The van der Waals surface area contributed by atoms with Gasteiger partial charge < -0.3 is 4.43 Å². The van der Waals surface area contributed by atoms with Crippen LogP contribution in [0.15, 0.2) is 10.3 Å². The highest BCUT2D eigenvalue weighted by molar-refractivity contribution is 8.09. The lowest BCUT2D eigenvalue weighted by molar-refractivity contribution is 0.279. The van der Waals surface area contributed by atoms with Crippen LogP contribution < -0.4 is 0 Å². The van der Waals surface area contributed by atoms with Gasteiger partial charge >= 0.3 is 0 Å². The molecule has 1 saturated heterocycles. The summed E-state index contributed by atoms with van der Waals surface area (Å²) in [4.78, 5) is 0. The molecule has 2 atom stereocenters. The highest BCUT2D eigenvalue weighted by atomic mass is 32.2. The largest absolute Gasteiger partial charge is 0.417 e. The topological polar surface area (TPSA) is 43.4 Å². The summed E-state index contributed by atoms with van der Waals surface area (Å²) in [5.74, 6) is 1.35. The minimum Gasteiger partial charge on any atom is -0.417 e. The van der Waals surface area contributed by atoms with Gasteiger partial charge in [-0.05, 0) is 43.8 Å². The van der Waals surface area contributed by atoms with E-state index >= 15 is 0 Å². The van der Waals surface area contributed by atoms with E-state index in [1.54, 1.807) is 0 Å². The molecule has 3 nitrogen and oxygen atoms in total. The molecule has 1 fully saturated rings. The summed E-state index contributed by atoms with van der Waals surface area (Å²) in [6.07, 6.45) is 5.63. The van der Waals surface area contributed by atoms with Crippen molar-refractivity contribution in [2.75, 3.05) is 18.1 Å². The van der Waals surface area contributed by atoms with Crippen LogP contribution in [0.4, 0.5) is 0 Å². The van der Waals surface area contributed by atoms with Crippen LogP contribution in [0.5, 0.6) is 0 Å². The van der Waals surface area contributed by atoms with E-state index in [-0.39, 0.29) is 5.04 Å². The van der Waals surface area contributed by atoms with Gasteiger partial charge in [0.25, 0.3) is 0 Å². The molecule has 0 amide bonds. The molecule has 0 bridgehead atoms. The first-order valence-electron chi connectivity index (χ1n) is 7.76. The van der Waals surface area contributed by atoms with Crippen LogP contribution in [-0.4, -0.2) is 34.8 Å². The van der Waals surface area contributed by atoms with Gasteiger partial charge in [0.15, 0.2) is 8.32 Å². The van der Waals surface area contributed by atoms with Crippen molar-refractivity contribution in [1.29, 1.82) is 0 Å². The third-order valence-electron chi connectivity index (χ3n) is 4.29. The Labute approximate surface area is 136 Å². The maximum absolute atomic E-state index is 11.8. The Balaban J connectivity index is 2.29. The fourth-order valence-electron chi connectivity index (χ4n) is 1.82. The monoisotopic (exact) mass is 350 g/mol. The van der Waals surface area contributed by atoms with Gasteiger partial charge in [0.05, 0.1) is 25.8 Å². The van der Waals surface area contributed by atoms with Crippen LogP contribution >= 0.6 is 0 Å². The molecule has 1 heterocycles. The lowest BCUT2D eigenvalue weighted by Gasteiger charge is -2.36. The minimum absolute atomic E-state index is 0.255. The molecule has 1 aliphatic rings. The Bertz CT molecular complexity index is 407. The summed E-state index contributed by atoms with van der Waals surface area (Å²) in [6, 6.07) is 0. The van der Waals surface area contributed by atoms with Crippen molar-refractivity contribution >= 4 is 29.9 Å². The van der Waals surface area contributed by atoms with Crippen LogP contribution in [0.25, 0.3) is 0 Å².